The maximum absolute atomic E-state index is 14.4. The van der Waals surface area contributed by atoms with Gasteiger partial charge in [0.25, 0.3) is 5.56 Å². The average Bonchev–Trinajstić information content (AvgIpc) is 3.08. The molecule has 4 rings (SSSR count). The minimum atomic E-state index is -1.27. The van der Waals surface area contributed by atoms with E-state index >= 15 is 0 Å². The summed E-state index contributed by atoms with van der Waals surface area (Å²) in [6.07, 6.45) is -1.27. The first-order valence-corrected chi connectivity index (χ1v) is 8.89. The number of imidazole rings is 1. The Bertz CT molecular complexity index is 1210. The highest BCUT2D eigenvalue weighted by Gasteiger charge is 2.14. The number of anilines is 1. The van der Waals surface area contributed by atoms with Crippen LogP contribution in [0.25, 0.3) is 33.1 Å². The Kier molecular flexibility index (Phi) is 4.95. The molecule has 0 spiro atoms. The molecule has 0 fully saturated rings. The van der Waals surface area contributed by atoms with Crippen molar-refractivity contribution in [1.29, 1.82) is 0 Å². The molecule has 144 valence electrons. The van der Waals surface area contributed by atoms with Gasteiger partial charge in [0, 0.05) is 11.4 Å². The van der Waals surface area contributed by atoms with Gasteiger partial charge < -0.3 is 20.1 Å². The zero-order valence-corrected chi connectivity index (χ0v) is 15.1. The molecule has 0 amide bonds. The predicted octanol–water partition coefficient (Wildman–Crippen LogP) is 2.55. The number of aliphatic hydroxyl groups is 1. The molecule has 4 aromatic rings. The first-order chi connectivity index (χ1) is 13.6. The zero-order valence-electron chi connectivity index (χ0n) is 14.4. The maximum Gasteiger partial charge on any atom is 0.272 e. The smallest absolute Gasteiger partial charge is 0.272 e. The van der Waals surface area contributed by atoms with Gasteiger partial charge in [-0.05, 0) is 24.3 Å². The number of alkyl halides is 1. The van der Waals surface area contributed by atoms with E-state index in [4.69, 9.17) is 16.3 Å². The Morgan fingerprint density at radius 3 is 3.00 bits per heavy atom. The predicted molar refractivity (Wildman–Crippen MR) is 104 cm³/mol. The molecular weight excluding hydrogens is 389 g/mol. The number of aliphatic hydroxyl groups excluding tert-OH is 1. The zero-order chi connectivity index (χ0) is 19.7. The Hall–Kier alpha value is -3.01. The topological polar surface area (TPSA) is 116 Å². The third-order valence-electron chi connectivity index (χ3n) is 4.13. The summed E-state index contributed by atoms with van der Waals surface area (Å²) in [5, 5.41) is 19.2. The second-order valence-electron chi connectivity index (χ2n) is 5.94. The van der Waals surface area contributed by atoms with Crippen LogP contribution in [0.4, 0.5) is 10.3 Å². The van der Waals surface area contributed by atoms with Crippen molar-refractivity contribution in [2.75, 3.05) is 17.8 Å². The van der Waals surface area contributed by atoms with E-state index in [1.807, 2.05) is 0 Å². The molecule has 2 aromatic heterocycles. The second kappa shape index (κ2) is 7.55. The van der Waals surface area contributed by atoms with Crippen LogP contribution in [0.15, 0.2) is 41.2 Å². The largest absolute Gasteiger partial charge is 0.351 e. The molecule has 4 N–H and O–H groups in total. The van der Waals surface area contributed by atoms with Gasteiger partial charge in [-0.15, -0.1) is 11.6 Å². The van der Waals surface area contributed by atoms with Gasteiger partial charge in [-0.25, -0.2) is 14.5 Å². The van der Waals surface area contributed by atoms with E-state index in [1.54, 1.807) is 24.3 Å². The highest BCUT2D eigenvalue weighted by molar-refractivity contribution is 6.17. The summed E-state index contributed by atoms with van der Waals surface area (Å²) in [4.78, 5) is 19.3. The molecule has 1 atom stereocenters. The molecule has 1 unspecified atom stereocenters. The number of hydrogen-bond acceptors (Lipinski definition) is 6. The summed E-state index contributed by atoms with van der Waals surface area (Å²) < 4.78 is 19.4. The standard InChI is InChI=1S/C18H15ClFN5O3/c19-6-7-28-18(27)23-17-21-12-5-4-9(8-13(12)22-17)15-14-10(16(26)25-24-15)2-1-3-11(14)20/h1-5,8,18,27H,6-7H2,(H,25,26)(H2,21,22,23). The van der Waals surface area contributed by atoms with Crippen molar-refractivity contribution < 1.29 is 14.2 Å². The number of nitrogens with one attached hydrogen (secondary N) is 3. The van der Waals surface area contributed by atoms with E-state index in [9.17, 15) is 14.3 Å². The summed E-state index contributed by atoms with van der Waals surface area (Å²) in [6, 6.07) is 9.48. The fourth-order valence-corrected chi connectivity index (χ4v) is 3.01. The molecule has 0 saturated carbocycles. The van der Waals surface area contributed by atoms with E-state index in [2.05, 4.69) is 25.5 Å². The van der Waals surface area contributed by atoms with Crippen molar-refractivity contribution in [3.8, 4) is 11.3 Å². The molecule has 0 bridgehead atoms. The lowest BCUT2D eigenvalue weighted by Crippen LogP contribution is -2.23. The van der Waals surface area contributed by atoms with Gasteiger partial charge in [-0.3, -0.25) is 4.79 Å². The van der Waals surface area contributed by atoms with Crippen LogP contribution in [0.3, 0.4) is 0 Å². The highest BCUT2D eigenvalue weighted by Crippen LogP contribution is 2.28. The fraction of sp³-hybridized carbons (Fsp3) is 0.167. The van der Waals surface area contributed by atoms with Crippen LogP contribution < -0.4 is 10.9 Å². The van der Waals surface area contributed by atoms with Crippen LogP contribution in [-0.2, 0) is 4.74 Å². The monoisotopic (exact) mass is 403 g/mol. The maximum atomic E-state index is 14.4. The van der Waals surface area contributed by atoms with Gasteiger partial charge in [-0.1, -0.05) is 12.1 Å². The first-order valence-electron chi connectivity index (χ1n) is 8.36. The fourth-order valence-electron chi connectivity index (χ4n) is 2.92. The number of benzene rings is 2. The van der Waals surface area contributed by atoms with Crippen molar-refractivity contribution in [2.45, 2.75) is 6.41 Å². The number of hydrogen-bond donors (Lipinski definition) is 4. The number of fused-ring (bicyclic) bond motifs is 2. The molecule has 0 aliphatic carbocycles. The van der Waals surface area contributed by atoms with Crippen molar-refractivity contribution in [1.82, 2.24) is 20.2 Å². The van der Waals surface area contributed by atoms with Gasteiger partial charge in [0.05, 0.1) is 28.4 Å². The van der Waals surface area contributed by atoms with Gasteiger partial charge in [0.15, 0.2) is 0 Å². The Labute approximate surface area is 162 Å². The van der Waals surface area contributed by atoms with Crippen molar-refractivity contribution in [3.63, 3.8) is 0 Å². The summed E-state index contributed by atoms with van der Waals surface area (Å²) in [7, 11) is 0. The first kappa shape index (κ1) is 18.4. The molecule has 10 heteroatoms. The van der Waals surface area contributed by atoms with Gasteiger partial charge in [0.1, 0.15) is 11.5 Å². The van der Waals surface area contributed by atoms with Crippen LogP contribution in [0, 0.1) is 5.82 Å². The Morgan fingerprint density at radius 2 is 2.18 bits per heavy atom. The quantitative estimate of drug-likeness (QED) is 0.290. The van der Waals surface area contributed by atoms with Crippen LogP contribution in [-0.4, -0.2) is 44.2 Å². The lowest BCUT2D eigenvalue weighted by atomic mass is 10.0. The van der Waals surface area contributed by atoms with Gasteiger partial charge in [-0.2, -0.15) is 5.10 Å². The summed E-state index contributed by atoms with van der Waals surface area (Å²) in [5.41, 5.74) is 1.66. The highest BCUT2D eigenvalue weighted by atomic mass is 35.5. The second-order valence-corrected chi connectivity index (χ2v) is 6.32. The number of nitrogens with zero attached hydrogens (tertiary/aromatic N) is 2. The van der Waals surface area contributed by atoms with E-state index in [1.165, 1.54) is 12.1 Å². The van der Waals surface area contributed by atoms with Crippen LogP contribution in [0.2, 0.25) is 0 Å². The van der Waals surface area contributed by atoms with Crippen molar-refractivity contribution in [2.24, 2.45) is 0 Å². The van der Waals surface area contributed by atoms with Gasteiger partial charge in [0.2, 0.25) is 12.4 Å². The number of aromatic nitrogens is 4. The molecule has 2 aromatic carbocycles. The molecule has 2 heterocycles. The van der Waals surface area contributed by atoms with E-state index in [0.29, 0.717) is 28.2 Å². The number of ether oxygens (including phenoxy) is 1. The number of aromatic amines is 2. The summed E-state index contributed by atoms with van der Waals surface area (Å²) in [6.45, 7) is 0.177. The Morgan fingerprint density at radius 1 is 1.32 bits per heavy atom. The third-order valence-corrected chi connectivity index (χ3v) is 4.29. The van der Waals surface area contributed by atoms with E-state index < -0.39 is 17.8 Å². The summed E-state index contributed by atoms with van der Waals surface area (Å²) in [5.74, 6) is 0.00803. The summed E-state index contributed by atoms with van der Waals surface area (Å²) >= 11 is 5.51. The number of halogens is 2. The molecular formula is C18H15ClFN5O3. The minimum absolute atomic E-state index is 0.143. The Balaban J connectivity index is 1.74. The molecule has 28 heavy (non-hydrogen) atoms. The molecule has 8 nitrogen and oxygen atoms in total. The van der Waals surface area contributed by atoms with Gasteiger partial charge >= 0.3 is 0 Å². The molecule has 0 radical (unpaired) electrons. The number of rotatable bonds is 6. The van der Waals surface area contributed by atoms with Crippen molar-refractivity contribution in [3.05, 3.63) is 52.6 Å². The third kappa shape index (κ3) is 3.42. The van der Waals surface area contributed by atoms with Crippen LogP contribution in [0.1, 0.15) is 0 Å². The van der Waals surface area contributed by atoms with Crippen LogP contribution in [0.5, 0.6) is 0 Å². The minimum Gasteiger partial charge on any atom is -0.351 e. The number of H-pyrrole nitrogens is 2. The lowest BCUT2D eigenvalue weighted by Gasteiger charge is -2.11. The van der Waals surface area contributed by atoms with E-state index in [-0.39, 0.29) is 23.3 Å². The van der Waals surface area contributed by atoms with Crippen molar-refractivity contribution >= 4 is 39.4 Å². The average molecular weight is 404 g/mol. The molecule has 0 aliphatic rings. The molecule has 0 saturated heterocycles. The van der Waals surface area contributed by atoms with E-state index in [0.717, 1.165) is 0 Å². The molecule has 0 aliphatic heterocycles. The lowest BCUT2D eigenvalue weighted by molar-refractivity contribution is -0.0727. The normalized spacial score (nSPS) is 12.5. The van der Waals surface area contributed by atoms with Crippen LogP contribution >= 0.6 is 11.6 Å². The SMILES string of the molecule is O=c1[nH]nc(-c2ccc3[nH]c(NC(O)OCCCl)nc3c2)c2c(F)cccc12.